The van der Waals surface area contributed by atoms with Gasteiger partial charge < -0.3 is 11.1 Å². The zero-order chi connectivity index (χ0) is 24.0. The standard InChI is InChI=1S/C30H28N2O2/c1-22-12-11-13-23(20-22)21-27(28(31)33)32-29(34)30(24-14-5-2-6-15-24,25-16-7-3-8-17-25)26-18-9-4-10-19-26/h2-20,27H,21H2,1H3,(H2,31,33)(H,32,34)/t27-/m0/s1. The van der Waals surface area contributed by atoms with Crippen LogP contribution in [-0.4, -0.2) is 17.9 Å². The number of carbonyl (C=O) groups is 2. The van der Waals surface area contributed by atoms with Crippen LogP contribution in [0.15, 0.2) is 115 Å². The Labute approximate surface area is 200 Å². The van der Waals surface area contributed by atoms with Crippen LogP contribution in [0, 0.1) is 6.92 Å². The van der Waals surface area contributed by atoms with Gasteiger partial charge in [-0.15, -0.1) is 0 Å². The van der Waals surface area contributed by atoms with Crippen molar-refractivity contribution in [1.29, 1.82) is 0 Å². The average Bonchev–Trinajstić information content (AvgIpc) is 2.86. The Balaban J connectivity index is 1.84. The Morgan fingerprint density at radius 1 is 0.735 bits per heavy atom. The van der Waals surface area contributed by atoms with Gasteiger partial charge in [0, 0.05) is 6.42 Å². The fourth-order valence-corrected chi connectivity index (χ4v) is 4.52. The minimum absolute atomic E-state index is 0.299. The summed E-state index contributed by atoms with van der Waals surface area (Å²) in [7, 11) is 0. The molecule has 2 amide bonds. The lowest BCUT2D eigenvalue weighted by Gasteiger charge is -2.35. The number of hydrogen-bond acceptors (Lipinski definition) is 2. The Hall–Kier alpha value is -4.18. The summed E-state index contributed by atoms with van der Waals surface area (Å²) in [4.78, 5) is 26.8. The van der Waals surface area contributed by atoms with E-state index in [0.29, 0.717) is 6.42 Å². The monoisotopic (exact) mass is 448 g/mol. The Morgan fingerprint density at radius 3 is 1.62 bits per heavy atom. The second-order valence-corrected chi connectivity index (χ2v) is 8.47. The number of amides is 2. The van der Waals surface area contributed by atoms with Gasteiger partial charge >= 0.3 is 0 Å². The highest BCUT2D eigenvalue weighted by Gasteiger charge is 2.44. The molecule has 4 rings (SSSR count). The van der Waals surface area contributed by atoms with E-state index in [2.05, 4.69) is 5.32 Å². The summed E-state index contributed by atoms with van der Waals surface area (Å²) in [5.41, 5.74) is 9.06. The first kappa shape index (κ1) is 23.0. The zero-order valence-corrected chi connectivity index (χ0v) is 19.1. The molecule has 0 saturated heterocycles. The van der Waals surface area contributed by atoms with Gasteiger partial charge in [0.05, 0.1) is 0 Å². The summed E-state index contributed by atoms with van der Waals surface area (Å²) in [5, 5.41) is 3.01. The molecule has 4 heteroatoms. The first-order chi connectivity index (χ1) is 16.5. The highest BCUT2D eigenvalue weighted by atomic mass is 16.2. The van der Waals surface area contributed by atoms with Crippen LogP contribution in [0.2, 0.25) is 0 Å². The number of rotatable bonds is 8. The first-order valence-electron chi connectivity index (χ1n) is 11.3. The minimum Gasteiger partial charge on any atom is -0.368 e. The Kier molecular flexibility index (Phi) is 6.88. The van der Waals surface area contributed by atoms with E-state index in [1.807, 2.05) is 122 Å². The minimum atomic E-state index is -1.16. The number of nitrogens with one attached hydrogen (secondary N) is 1. The van der Waals surface area contributed by atoms with Crippen molar-refractivity contribution in [2.45, 2.75) is 24.8 Å². The van der Waals surface area contributed by atoms with E-state index in [4.69, 9.17) is 5.73 Å². The van der Waals surface area contributed by atoms with Gasteiger partial charge in [0.1, 0.15) is 11.5 Å². The maximum absolute atomic E-state index is 14.3. The van der Waals surface area contributed by atoms with Crippen LogP contribution in [0.4, 0.5) is 0 Å². The highest BCUT2D eigenvalue weighted by Crippen LogP contribution is 2.39. The van der Waals surface area contributed by atoms with E-state index < -0.39 is 17.4 Å². The third-order valence-electron chi connectivity index (χ3n) is 6.13. The topological polar surface area (TPSA) is 72.2 Å². The Bertz CT molecular complexity index is 1160. The van der Waals surface area contributed by atoms with E-state index in [9.17, 15) is 9.59 Å². The van der Waals surface area contributed by atoms with Crippen molar-refractivity contribution in [2.24, 2.45) is 5.73 Å². The molecule has 34 heavy (non-hydrogen) atoms. The van der Waals surface area contributed by atoms with E-state index in [1.54, 1.807) is 0 Å². The molecule has 1 atom stereocenters. The third kappa shape index (κ3) is 4.62. The number of aryl methyl sites for hydroxylation is 1. The smallest absolute Gasteiger partial charge is 0.240 e. The summed E-state index contributed by atoms with van der Waals surface area (Å²) in [5.74, 6) is -0.870. The number of benzene rings is 4. The summed E-state index contributed by atoms with van der Waals surface area (Å²) in [6, 6.07) is 36.0. The lowest BCUT2D eigenvalue weighted by molar-refractivity contribution is -0.129. The number of carbonyl (C=O) groups excluding carboxylic acids is 2. The fraction of sp³-hybridized carbons (Fsp3) is 0.133. The summed E-state index contributed by atoms with van der Waals surface area (Å²) in [6.07, 6.45) is 0.317. The van der Waals surface area contributed by atoms with Gasteiger partial charge in [-0.2, -0.15) is 0 Å². The molecule has 0 bridgehead atoms. The SMILES string of the molecule is Cc1cccc(C[C@H](NC(=O)C(c2ccccc2)(c2ccccc2)c2ccccc2)C(N)=O)c1. The van der Waals surface area contributed by atoms with Crippen LogP contribution >= 0.6 is 0 Å². The summed E-state index contributed by atoms with van der Waals surface area (Å²) in [6.45, 7) is 1.99. The van der Waals surface area contributed by atoms with Crippen LogP contribution in [0.1, 0.15) is 27.8 Å². The molecule has 3 N–H and O–H groups in total. The van der Waals surface area contributed by atoms with Crippen LogP contribution < -0.4 is 11.1 Å². The molecule has 170 valence electrons. The molecule has 0 radical (unpaired) electrons. The van der Waals surface area contributed by atoms with Gasteiger partial charge in [-0.05, 0) is 29.2 Å². The van der Waals surface area contributed by atoms with E-state index >= 15 is 0 Å². The molecular weight excluding hydrogens is 420 g/mol. The van der Waals surface area contributed by atoms with Crippen molar-refractivity contribution in [3.8, 4) is 0 Å². The average molecular weight is 449 g/mol. The van der Waals surface area contributed by atoms with Crippen LogP contribution in [0.5, 0.6) is 0 Å². The van der Waals surface area contributed by atoms with E-state index in [1.165, 1.54) is 0 Å². The molecule has 0 aromatic heterocycles. The van der Waals surface area contributed by atoms with Crippen LogP contribution in [-0.2, 0) is 21.4 Å². The third-order valence-corrected chi connectivity index (χ3v) is 6.13. The van der Waals surface area contributed by atoms with Crippen molar-refractivity contribution < 1.29 is 9.59 Å². The molecule has 0 aliphatic carbocycles. The lowest BCUT2D eigenvalue weighted by Crippen LogP contribution is -2.54. The van der Waals surface area contributed by atoms with Crippen molar-refractivity contribution in [3.05, 3.63) is 143 Å². The molecule has 0 aliphatic rings. The van der Waals surface area contributed by atoms with Crippen molar-refractivity contribution >= 4 is 11.8 Å². The molecule has 4 aromatic carbocycles. The molecule has 4 nitrogen and oxygen atoms in total. The van der Waals surface area contributed by atoms with Gasteiger partial charge in [0.15, 0.2) is 0 Å². The van der Waals surface area contributed by atoms with Crippen molar-refractivity contribution in [1.82, 2.24) is 5.32 Å². The van der Waals surface area contributed by atoms with Gasteiger partial charge in [0.2, 0.25) is 11.8 Å². The van der Waals surface area contributed by atoms with E-state index in [0.717, 1.165) is 27.8 Å². The molecule has 0 heterocycles. The van der Waals surface area contributed by atoms with Crippen LogP contribution in [0.3, 0.4) is 0 Å². The van der Waals surface area contributed by atoms with Gasteiger partial charge in [0.25, 0.3) is 0 Å². The van der Waals surface area contributed by atoms with Crippen molar-refractivity contribution in [2.75, 3.05) is 0 Å². The molecule has 0 spiro atoms. The summed E-state index contributed by atoms with van der Waals surface area (Å²) >= 11 is 0. The highest BCUT2D eigenvalue weighted by molar-refractivity contribution is 5.98. The maximum atomic E-state index is 14.3. The summed E-state index contributed by atoms with van der Waals surface area (Å²) < 4.78 is 0. The predicted octanol–water partition coefficient (Wildman–Crippen LogP) is 4.54. The first-order valence-corrected chi connectivity index (χ1v) is 11.3. The Morgan fingerprint density at radius 2 is 1.21 bits per heavy atom. The predicted molar refractivity (Wildman–Crippen MR) is 135 cm³/mol. The van der Waals surface area contributed by atoms with Crippen molar-refractivity contribution in [3.63, 3.8) is 0 Å². The quantitative estimate of drug-likeness (QED) is 0.389. The molecule has 0 aliphatic heterocycles. The largest absolute Gasteiger partial charge is 0.368 e. The van der Waals surface area contributed by atoms with Gasteiger partial charge in [-0.3, -0.25) is 9.59 Å². The number of nitrogens with two attached hydrogens (primary N) is 1. The molecule has 0 fully saturated rings. The molecule has 0 unspecified atom stereocenters. The second kappa shape index (κ2) is 10.2. The number of hydrogen-bond donors (Lipinski definition) is 2. The number of primary amides is 1. The molecular formula is C30H28N2O2. The fourth-order valence-electron chi connectivity index (χ4n) is 4.52. The normalized spacial score (nSPS) is 12.0. The molecule has 4 aromatic rings. The van der Waals surface area contributed by atoms with Gasteiger partial charge in [-0.25, -0.2) is 0 Å². The van der Waals surface area contributed by atoms with Crippen LogP contribution in [0.25, 0.3) is 0 Å². The maximum Gasteiger partial charge on any atom is 0.240 e. The second-order valence-electron chi connectivity index (χ2n) is 8.47. The molecule has 0 saturated carbocycles. The van der Waals surface area contributed by atoms with E-state index in [-0.39, 0.29) is 5.91 Å². The lowest BCUT2D eigenvalue weighted by atomic mass is 9.68. The van der Waals surface area contributed by atoms with Gasteiger partial charge in [-0.1, -0.05) is 121 Å². The zero-order valence-electron chi connectivity index (χ0n) is 19.1.